The summed E-state index contributed by atoms with van der Waals surface area (Å²) in [5.41, 5.74) is 0. The van der Waals surface area contributed by atoms with E-state index in [1.807, 2.05) is 31.3 Å². The number of halogens is 1. The van der Waals surface area contributed by atoms with Crippen LogP contribution in [0.5, 0.6) is 0 Å². The number of benzene rings is 1. The van der Waals surface area contributed by atoms with E-state index in [-0.39, 0.29) is 5.25 Å². The lowest BCUT2D eigenvalue weighted by molar-refractivity contribution is 0.292. The molecule has 4 atom stereocenters. The normalized spacial score (nSPS) is 28.2. The topological polar surface area (TPSA) is 29.1 Å². The Morgan fingerprint density at radius 2 is 2.20 bits per heavy atom. The van der Waals surface area contributed by atoms with Crippen LogP contribution in [0.15, 0.2) is 29.2 Å². The van der Waals surface area contributed by atoms with Crippen LogP contribution in [-0.2, 0) is 10.8 Å². The third-order valence-corrected chi connectivity index (χ3v) is 6.30. The molecule has 4 heteroatoms. The van der Waals surface area contributed by atoms with Crippen LogP contribution in [-0.4, -0.2) is 22.5 Å². The Bertz CT molecular complexity index is 466. The first kappa shape index (κ1) is 16.0. The predicted molar refractivity (Wildman–Crippen MR) is 86.7 cm³/mol. The van der Waals surface area contributed by atoms with Gasteiger partial charge >= 0.3 is 0 Å². The Labute approximate surface area is 129 Å². The fourth-order valence-corrected chi connectivity index (χ4v) is 5.29. The van der Waals surface area contributed by atoms with E-state index < -0.39 is 10.8 Å². The van der Waals surface area contributed by atoms with Crippen LogP contribution in [0.1, 0.15) is 39.0 Å². The molecule has 4 unspecified atom stereocenters. The zero-order valence-electron chi connectivity index (χ0n) is 12.3. The number of hydrogen-bond donors (Lipinski definition) is 1. The van der Waals surface area contributed by atoms with Crippen molar-refractivity contribution in [2.45, 2.75) is 55.2 Å². The van der Waals surface area contributed by atoms with Gasteiger partial charge < -0.3 is 5.32 Å². The third kappa shape index (κ3) is 3.84. The van der Waals surface area contributed by atoms with Gasteiger partial charge in [0.2, 0.25) is 0 Å². The summed E-state index contributed by atoms with van der Waals surface area (Å²) >= 11 is 6.03. The average Bonchev–Trinajstić information content (AvgIpc) is 2.47. The lowest BCUT2D eigenvalue weighted by Crippen LogP contribution is -2.44. The monoisotopic (exact) mass is 313 g/mol. The van der Waals surface area contributed by atoms with Crippen molar-refractivity contribution in [2.75, 3.05) is 7.05 Å². The minimum Gasteiger partial charge on any atom is -0.316 e. The quantitative estimate of drug-likeness (QED) is 0.890. The summed E-state index contributed by atoms with van der Waals surface area (Å²) in [6.45, 7) is 2.23. The molecule has 1 fully saturated rings. The van der Waals surface area contributed by atoms with Gasteiger partial charge in [0.1, 0.15) is 0 Å². The Hall–Kier alpha value is -0.380. The maximum atomic E-state index is 12.9. The van der Waals surface area contributed by atoms with Crippen LogP contribution in [0.25, 0.3) is 0 Å². The molecule has 0 bridgehead atoms. The van der Waals surface area contributed by atoms with E-state index in [4.69, 9.17) is 11.6 Å². The van der Waals surface area contributed by atoms with Crippen molar-refractivity contribution in [3.63, 3.8) is 0 Å². The van der Waals surface area contributed by atoms with E-state index in [0.717, 1.165) is 23.7 Å². The van der Waals surface area contributed by atoms with E-state index >= 15 is 0 Å². The summed E-state index contributed by atoms with van der Waals surface area (Å²) < 4.78 is 12.9. The molecule has 1 saturated carbocycles. The van der Waals surface area contributed by atoms with E-state index in [1.54, 1.807) is 0 Å². The number of hydrogen-bond acceptors (Lipinski definition) is 2. The average molecular weight is 314 g/mol. The van der Waals surface area contributed by atoms with Gasteiger partial charge in [-0.25, -0.2) is 0 Å². The van der Waals surface area contributed by atoms with Gasteiger partial charge in [0.25, 0.3) is 0 Å². The Kier molecular flexibility index (Phi) is 6.06. The standard InChI is InChI=1S/C16H24ClNOS/c1-3-5-12-8-9-15(18-2)16(10-12)20(19)14-7-4-6-13(17)11-14/h4,6-7,11-12,15-16,18H,3,5,8-10H2,1-2H3. The Morgan fingerprint density at radius 1 is 1.40 bits per heavy atom. The molecule has 0 aromatic heterocycles. The molecule has 0 saturated heterocycles. The molecule has 1 N–H and O–H groups in total. The minimum atomic E-state index is -0.981. The highest BCUT2D eigenvalue weighted by Gasteiger charge is 2.33. The van der Waals surface area contributed by atoms with Gasteiger partial charge in [0.15, 0.2) is 0 Å². The molecule has 0 heterocycles. The van der Waals surface area contributed by atoms with Crippen molar-refractivity contribution >= 4 is 22.4 Å². The molecule has 1 aromatic carbocycles. The maximum absolute atomic E-state index is 12.9. The summed E-state index contributed by atoms with van der Waals surface area (Å²) in [6.07, 6.45) is 5.89. The third-order valence-electron chi connectivity index (χ3n) is 4.27. The van der Waals surface area contributed by atoms with Crippen LogP contribution in [0.4, 0.5) is 0 Å². The van der Waals surface area contributed by atoms with E-state index in [1.165, 1.54) is 19.3 Å². The summed E-state index contributed by atoms with van der Waals surface area (Å²) in [5, 5.41) is 4.22. The second-order valence-corrected chi connectivity index (χ2v) is 7.76. The molecule has 0 aliphatic heterocycles. The van der Waals surface area contributed by atoms with E-state index in [2.05, 4.69) is 12.2 Å². The lowest BCUT2D eigenvalue weighted by atomic mass is 9.83. The Morgan fingerprint density at radius 3 is 2.85 bits per heavy atom. The van der Waals surface area contributed by atoms with Crippen molar-refractivity contribution in [1.82, 2.24) is 5.32 Å². The molecular formula is C16H24ClNOS. The number of rotatable bonds is 5. The molecule has 1 aromatic rings. The van der Waals surface area contributed by atoms with Gasteiger partial charge in [-0.2, -0.15) is 0 Å². The minimum absolute atomic E-state index is 0.198. The molecule has 0 amide bonds. The Balaban J connectivity index is 2.15. The van der Waals surface area contributed by atoms with Crippen LogP contribution in [0.3, 0.4) is 0 Å². The zero-order chi connectivity index (χ0) is 14.5. The fourth-order valence-electron chi connectivity index (χ4n) is 3.22. The summed E-state index contributed by atoms with van der Waals surface area (Å²) in [6, 6.07) is 7.84. The second-order valence-electron chi connectivity index (χ2n) is 5.66. The lowest BCUT2D eigenvalue weighted by Gasteiger charge is -2.35. The van der Waals surface area contributed by atoms with Crippen molar-refractivity contribution < 1.29 is 4.21 Å². The first-order valence-electron chi connectivity index (χ1n) is 7.49. The van der Waals surface area contributed by atoms with E-state index in [9.17, 15) is 4.21 Å². The van der Waals surface area contributed by atoms with Gasteiger partial charge in [-0.3, -0.25) is 4.21 Å². The van der Waals surface area contributed by atoms with Crippen LogP contribution >= 0.6 is 11.6 Å². The summed E-state index contributed by atoms with van der Waals surface area (Å²) in [5.74, 6) is 0.720. The molecule has 2 nitrogen and oxygen atoms in total. The van der Waals surface area contributed by atoms with Crippen LogP contribution in [0, 0.1) is 5.92 Å². The van der Waals surface area contributed by atoms with Gasteiger partial charge in [0, 0.05) is 16.0 Å². The highest BCUT2D eigenvalue weighted by Crippen LogP contribution is 2.33. The summed E-state index contributed by atoms with van der Waals surface area (Å²) in [7, 11) is 0.998. The predicted octanol–water partition coefficient (Wildman–Crippen LogP) is 4.00. The zero-order valence-corrected chi connectivity index (χ0v) is 13.8. The van der Waals surface area contributed by atoms with Crippen LogP contribution < -0.4 is 5.32 Å². The van der Waals surface area contributed by atoms with Gasteiger partial charge in [-0.15, -0.1) is 0 Å². The van der Waals surface area contributed by atoms with Crippen molar-refractivity contribution in [1.29, 1.82) is 0 Å². The highest BCUT2D eigenvalue weighted by molar-refractivity contribution is 7.85. The molecule has 1 aliphatic rings. The second kappa shape index (κ2) is 7.58. The van der Waals surface area contributed by atoms with Crippen molar-refractivity contribution in [3.8, 4) is 0 Å². The SMILES string of the molecule is CCCC1CCC(NC)C(S(=O)c2cccc(Cl)c2)C1. The van der Waals surface area contributed by atoms with Gasteiger partial charge in [-0.05, 0) is 50.4 Å². The molecule has 1 aliphatic carbocycles. The fraction of sp³-hybridized carbons (Fsp3) is 0.625. The van der Waals surface area contributed by atoms with Gasteiger partial charge in [0.05, 0.1) is 16.0 Å². The molecule has 20 heavy (non-hydrogen) atoms. The molecular weight excluding hydrogens is 290 g/mol. The van der Waals surface area contributed by atoms with Gasteiger partial charge in [-0.1, -0.05) is 37.4 Å². The first-order valence-corrected chi connectivity index (χ1v) is 9.08. The summed E-state index contributed by atoms with van der Waals surface area (Å²) in [4.78, 5) is 0.861. The molecule has 0 radical (unpaired) electrons. The smallest absolute Gasteiger partial charge is 0.0577 e. The van der Waals surface area contributed by atoms with Crippen molar-refractivity contribution in [3.05, 3.63) is 29.3 Å². The molecule has 0 spiro atoms. The van der Waals surface area contributed by atoms with E-state index in [0.29, 0.717) is 11.1 Å². The maximum Gasteiger partial charge on any atom is 0.0577 e. The largest absolute Gasteiger partial charge is 0.316 e. The molecule has 112 valence electrons. The first-order chi connectivity index (χ1) is 9.65. The highest BCUT2D eigenvalue weighted by atomic mass is 35.5. The van der Waals surface area contributed by atoms with Crippen LogP contribution in [0.2, 0.25) is 5.02 Å². The van der Waals surface area contributed by atoms with Crippen molar-refractivity contribution in [2.24, 2.45) is 5.92 Å². The number of nitrogens with one attached hydrogen (secondary N) is 1. The molecule has 2 rings (SSSR count).